The van der Waals surface area contributed by atoms with E-state index in [-0.39, 0.29) is 23.1 Å². The van der Waals surface area contributed by atoms with E-state index in [2.05, 4.69) is 15.2 Å². The first kappa shape index (κ1) is 23.2. The van der Waals surface area contributed by atoms with Crippen LogP contribution < -0.4 is 5.43 Å². The molecule has 0 fully saturated rings. The number of carbonyl (C=O) groups excluding carboxylic acids is 1. The van der Waals surface area contributed by atoms with E-state index in [0.717, 1.165) is 22.9 Å². The van der Waals surface area contributed by atoms with Gasteiger partial charge in [-0.1, -0.05) is 22.8 Å². The van der Waals surface area contributed by atoms with Gasteiger partial charge in [0.25, 0.3) is 5.89 Å². The van der Waals surface area contributed by atoms with Crippen molar-refractivity contribution in [1.29, 1.82) is 0 Å². The highest BCUT2D eigenvalue weighted by molar-refractivity contribution is 6.30. The van der Waals surface area contributed by atoms with Gasteiger partial charge in [-0.3, -0.25) is 4.79 Å². The van der Waals surface area contributed by atoms with Gasteiger partial charge in [-0.05, 0) is 49.4 Å². The number of hydrogen-bond donors (Lipinski definition) is 0. The summed E-state index contributed by atoms with van der Waals surface area (Å²) in [5.41, 5.74) is -1.40. The van der Waals surface area contributed by atoms with E-state index < -0.39 is 35.4 Å². The summed E-state index contributed by atoms with van der Waals surface area (Å²) >= 11 is 5.84. The minimum Gasteiger partial charge on any atom is -0.451 e. The molecule has 0 N–H and O–H groups in total. The molecule has 0 atom stereocenters. The zero-order chi connectivity index (χ0) is 24.5. The highest BCUT2D eigenvalue weighted by Crippen LogP contribution is 2.30. The Labute approximate surface area is 194 Å². The van der Waals surface area contributed by atoms with Crippen LogP contribution in [-0.2, 0) is 17.5 Å². The van der Waals surface area contributed by atoms with Gasteiger partial charge in [0, 0.05) is 22.3 Å². The zero-order valence-electron chi connectivity index (χ0n) is 17.3. The maximum Gasteiger partial charge on any atom is 0.416 e. The lowest BCUT2D eigenvalue weighted by Gasteiger charge is -2.13. The maximum absolute atomic E-state index is 13.1. The molecule has 0 saturated carbocycles. The van der Waals surface area contributed by atoms with Crippen molar-refractivity contribution in [2.75, 3.05) is 0 Å². The second-order valence-corrected chi connectivity index (χ2v) is 7.49. The molecule has 2 aromatic carbocycles. The summed E-state index contributed by atoms with van der Waals surface area (Å²) in [5, 5.41) is 8.24. The molecule has 12 heteroatoms. The van der Waals surface area contributed by atoms with Gasteiger partial charge in [0.2, 0.25) is 16.9 Å². The highest BCUT2D eigenvalue weighted by atomic mass is 35.5. The molecule has 2 aromatic heterocycles. The molecule has 0 radical (unpaired) electrons. The summed E-state index contributed by atoms with van der Waals surface area (Å²) in [6.45, 7) is 1.03. The number of aromatic nitrogens is 4. The number of hydrogen-bond acceptors (Lipinski definition) is 7. The topological polar surface area (TPSA) is 100 Å². The molecule has 0 aliphatic rings. The zero-order valence-corrected chi connectivity index (χ0v) is 18.1. The van der Waals surface area contributed by atoms with Crippen LogP contribution in [0, 0.1) is 6.92 Å². The van der Waals surface area contributed by atoms with Gasteiger partial charge >= 0.3 is 12.1 Å². The Morgan fingerprint density at radius 2 is 1.88 bits per heavy atom. The summed E-state index contributed by atoms with van der Waals surface area (Å²) in [4.78, 5) is 28.9. The van der Waals surface area contributed by atoms with E-state index in [9.17, 15) is 22.8 Å². The predicted octanol–water partition coefficient (Wildman–Crippen LogP) is 4.62. The van der Waals surface area contributed by atoms with Crippen LogP contribution in [0.3, 0.4) is 0 Å². The number of nitrogens with zero attached hydrogens (tertiary/aromatic N) is 4. The molecular weight excluding hydrogens is 477 g/mol. The average molecular weight is 491 g/mol. The van der Waals surface area contributed by atoms with Crippen molar-refractivity contribution in [3.63, 3.8) is 0 Å². The molecule has 0 aliphatic heterocycles. The van der Waals surface area contributed by atoms with E-state index in [1.165, 1.54) is 19.1 Å². The van der Waals surface area contributed by atoms with Crippen LogP contribution in [-0.4, -0.2) is 25.9 Å². The van der Waals surface area contributed by atoms with Crippen LogP contribution in [0.5, 0.6) is 0 Å². The van der Waals surface area contributed by atoms with Crippen LogP contribution >= 0.6 is 11.6 Å². The lowest BCUT2D eigenvalue weighted by Crippen LogP contribution is -2.24. The van der Waals surface area contributed by atoms with E-state index in [4.69, 9.17) is 20.9 Å². The summed E-state index contributed by atoms with van der Waals surface area (Å²) in [6, 6.07) is 12.0. The fourth-order valence-electron chi connectivity index (χ4n) is 2.99. The summed E-state index contributed by atoms with van der Waals surface area (Å²) < 4.78 is 50.4. The molecule has 2 heterocycles. The molecule has 0 aliphatic carbocycles. The molecule has 0 unspecified atom stereocenters. The maximum atomic E-state index is 13.1. The second kappa shape index (κ2) is 9.10. The van der Waals surface area contributed by atoms with Crippen molar-refractivity contribution in [3.8, 4) is 17.1 Å². The monoisotopic (exact) mass is 490 g/mol. The molecule has 0 bridgehead atoms. The van der Waals surface area contributed by atoms with Gasteiger partial charge in [-0.25, -0.2) is 9.48 Å². The third-order valence-electron chi connectivity index (χ3n) is 4.62. The van der Waals surface area contributed by atoms with E-state index in [1.807, 2.05) is 0 Å². The summed E-state index contributed by atoms with van der Waals surface area (Å²) in [6.07, 6.45) is -4.57. The van der Waals surface area contributed by atoms with Crippen LogP contribution in [0.2, 0.25) is 5.02 Å². The normalized spacial score (nSPS) is 11.4. The summed E-state index contributed by atoms with van der Waals surface area (Å²) in [5.74, 6) is -0.899. The van der Waals surface area contributed by atoms with Crippen LogP contribution in [0.4, 0.5) is 13.2 Å². The van der Waals surface area contributed by atoms with E-state index in [0.29, 0.717) is 10.6 Å². The van der Waals surface area contributed by atoms with Crippen molar-refractivity contribution in [2.45, 2.75) is 19.7 Å². The largest absolute Gasteiger partial charge is 0.451 e. The van der Waals surface area contributed by atoms with E-state index >= 15 is 0 Å². The van der Waals surface area contributed by atoms with Gasteiger partial charge in [0.15, 0.2) is 6.61 Å². The molecule has 0 saturated heterocycles. The standard InChI is InChI=1S/C22H14ClF3N4O4/c1-12-9-17(31)19(28-30(12)16-4-2-3-14(10-16)22(24,25)26)21(32)33-11-18-27-20(29-34-18)13-5-7-15(23)8-6-13/h2-10H,11H2,1H3. The number of ether oxygens (including phenoxy) is 1. The number of benzene rings is 2. The molecule has 174 valence electrons. The predicted molar refractivity (Wildman–Crippen MR) is 113 cm³/mol. The fourth-order valence-corrected chi connectivity index (χ4v) is 3.12. The molecule has 4 aromatic rings. The third-order valence-corrected chi connectivity index (χ3v) is 4.87. The third kappa shape index (κ3) is 4.99. The first-order chi connectivity index (χ1) is 16.1. The average Bonchev–Trinajstić information content (AvgIpc) is 3.26. The number of rotatable bonds is 5. The van der Waals surface area contributed by atoms with Crippen LogP contribution in [0.15, 0.2) is 63.9 Å². The number of carbonyl (C=O) groups is 1. The lowest BCUT2D eigenvalue weighted by molar-refractivity contribution is -0.137. The Kier molecular flexibility index (Phi) is 6.20. The van der Waals surface area contributed by atoms with Gasteiger partial charge < -0.3 is 9.26 Å². The van der Waals surface area contributed by atoms with Crippen molar-refractivity contribution < 1.29 is 27.2 Å². The van der Waals surface area contributed by atoms with Crippen molar-refractivity contribution in [3.05, 3.63) is 92.7 Å². The van der Waals surface area contributed by atoms with Gasteiger partial charge in [0.05, 0.1) is 11.3 Å². The Morgan fingerprint density at radius 3 is 2.59 bits per heavy atom. The molecule has 4 rings (SSSR count). The molecule has 8 nitrogen and oxygen atoms in total. The van der Waals surface area contributed by atoms with Crippen molar-refractivity contribution in [2.24, 2.45) is 0 Å². The van der Waals surface area contributed by atoms with Gasteiger partial charge in [-0.15, -0.1) is 0 Å². The molecule has 34 heavy (non-hydrogen) atoms. The Bertz CT molecular complexity index is 1410. The SMILES string of the molecule is Cc1cc(=O)c(C(=O)OCc2nc(-c3ccc(Cl)cc3)no2)nn1-c1cccc(C(F)(F)F)c1. The smallest absolute Gasteiger partial charge is 0.416 e. The first-order valence-corrected chi connectivity index (χ1v) is 10.0. The van der Waals surface area contributed by atoms with Crippen LogP contribution in [0.25, 0.3) is 17.1 Å². The first-order valence-electron chi connectivity index (χ1n) is 9.66. The number of esters is 1. The Morgan fingerprint density at radius 1 is 1.15 bits per heavy atom. The molecule has 0 amide bonds. The van der Waals surface area contributed by atoms with Gasteiger partial charge in [0.1, 0.15) is 0 Å². The quantitative estimate of drug-likeness (QED) is 0.376. The minimum atomic E-state index is -4.57. The number of aryl methyl sites for hydroxylation is 1. The van der Waals surface area contributed by atoms with Gasteiger partial charge in [-0.2, -0.15) is 23.3 Å². The van der Waals surface area contributed by atoms with E-state index in [1.54, 1.807) is 24.3 Å². The van der Waals surface area contributed by atoms with Crippen LogP contribution in [0.1, 0.15) is 27.6 Å². The fraction of sp³-hybridized carbons (Fsp3) is 0.136. The lowest BCUT2D eigenvalue weighted by atomic mass is 10.2. The Hall–Kier alpha value is -3.99. The summed E-state index contributed by atoms with van der Waals surface area (Å²) in [7, 11) is 0. The Balaban J connectivity index is 1.54. The highest BCUT2D eigenvalue weighted by Gasteiger charge is 2.30. The molecule has 0 spiro atoms. The van der Waals surface area contributed by atoms with Crippen molar-refractivity contribution in [1.82, 2.24) is 19.9 Å². The second-order valence-electron chi connectivity index (χ2n) is 7.05. The molecular formula is C22H14ClF3N4O4. The van der Waals surface area contributed by atoms with Crippen molar-refractivity contribution >= 4 is 17.6 Å². The number of alkyl halides is 3. The minimum absolute atomic E-state index is 0.0193. The number of halogens is 4.